The molecule has 4 rings (SSSR count). The molecule has 180 valence electrons. The summed E-state index contributed by atoms with van der Waals surface area (Å²) in [7, 11) is 0. The lowest BCUT2D eigenvalue weighted by molar-refractivity contribution is -0.385. The summed E-state index contributed by atoms with van der Waals surface area (Å²) >= 11 is 0. The van der Waals surface area contributed by atoms with Crippen LogP contribution >= 0.6 is 0 Å². The molecule has 0 saturated carbocycles. The van der Waals surface area contributed by atoms with Gasteiger partial charge < -0.3 is 10.1 Å². The van der Waals surface area contributed by atoms with Crippen molar-refractivity contribution >= 4 is 34.0 Å². The topological polar surface area (TPSA) is 207 Å². The average Bonchev–Trinajstić information content (AvgIpc) is 2.88. The molecule has 0 aliphatic rings. The molecule has 36 heavy (non-hydrogen) atoms. The van der Waals surface area contributed by atoms with E-state index in [1.807, 2.05) is 0 Å². The van der Waals surface area contributed by atoms with Crippen LogP contribution in [0.15, 0.2) is 76.9 Å². The minimum Gasteiger partial charge on any atom is -0.382 e. The predicted molar refractivity (Wildman–Crippen MR) is 125 cm³/mol. The number of nitrogens with one attached hydrogen (secondary N) is 2. The molecule has 0 aliphatic carbocycles. The maximum Gasteiger partial charge on any atom is 0.276 e. The van der Waals surface area contributed by atoms with Gasteiger partial charge in [-0.25, -0.2) is 10.4 Å². The zero-order valence-electron chi connectivity index (χ0n) is 18.1. The van der Waals surface area contributed by atoms with E-state index in [1.54, 1.807) is 0 Å². The number of fused-ring (bicyclic) bond motifs is 1. The molecule has 0 radical (unpaired) electrons. The number of nitro groups is 2. The summed E-state index contributed by atoms with van der Waals surface area (Å²) in [5.41, 5.74) is 0.718. The summed E-state index contributed by atoms with van der Waals surface area (Å²) in [6.45, 7) is 0. The number of benzene rings is 2. The van der Waals surface area contributed by atoms with Gasteiger partial charge in [0.1, 0.15) is 11.8 Å². The first kappa shape index (κ1) is 23.8. The van der Waals surface area contributed by atoms with Crippen molar-refractivity contribution in [2.45, 2.75) is 6.10 Å². The molecule has 4 aromatic rings. The number of nitro benzene ring substituents is 2. The highest BCUT2D eigenvalue weighted by atomic mass is 16.6. The number of non-ortho nitro benzene ring substituents is 2. The minimum atomic E-state index is -1.63. The van der Waals surface area contributed by atoms with Crippen LogP contribution in [-0.2, 0) is 0 Å². The maximum atomic E-state index is 12.9. The Morgan fingerprint density at radius 2 is 1.64 bits per heavy atom. The van der Waals surface area contributed by atoms with Crippen molar-refractivity contribution in [3.05, 3.63) is 114 Å². The van der Waals surface area contributed by atoms with Crippen LogP contribution in [-0.4, -0.2) is 41.5 Å². The minimum absolute atomic E-state index is 0.0722. The molecule has 0 saturated heterocycles. The normalized spacial score (nSPS) is 12.2. The first-order valence-corrected chi connectivity index (χ1v) is 10.1. The van der Waals surface area contributed by atoms with Crippen LogP contribution in [0.25, 0.3) is 11.0 Å². The van der Waals surface area contributed by atoms with Crippen LogP contribution in [0.3, 0.4) is 0 Å². The van der Waals surface area contributed by atoms with Gasteiger partial charge in [-0.15, -0.1) is 0 Å². The van der Waals surface area contributed by atoms with Crippen LogP contribution in [0.2, 0.25) is 0 Å². The number of hydrazone groups is 1. The monoisotopic (exact) mass is 489 g/mol. The third kappa shape index (κ3) is 4.92. The van der Waals surface area contributed by atoms with Crippen LogP contribution < -0.4 is 11.0 Å². The van der Waals surface area contributed by atoms with E-state index in [2.05, 4.69) is 25.5 Å². The molecule has 0 aliphatic heterocycles. The smallest absolute Gasteiger partial charge is 0.276 e. The molecule has 1 atom stereocenters. The summed E-state index contributed by atoms with van der Waals surface area (Å²) in [4.78, 5) is 56.6. The molecular weight excluding hydrogens is 474 g/mol. The van der Waals surface area contributed by atoms with Crippen molar-refractivity contribution in [2.24, 2.45) is 5.10 Å². The van der Waals surface area contributed by atoms with E-state index in [-0.39, 0.29) is 44.9 Å². The van der Waals surface area contributed by atoms with E-state index >= 15 is 0 Å². The summed E-state index contributed by atoms with van der Waals surface area (Å²) in [5.74, 6) is -0.668. The Morgan fingerprint density at radius 3 is 2.28 bits per heavy atom. The number of aliphatic hydroxyl groups is 1. The van der Waals surface area contributed by atoms with E-state index in [0.717, 1.165) is 18.2 Å². The molecule has 2 aromatic carbocycles. The number of pyridine rings is 1. The number of amides is 1. The quantitative estimate of drug-likeness (QED) is 0.197. The number of H-pyrrole nitrogens is 1. The third-order valence-corrected chi connectivity index (χ3v) is 5.03. The van der Waals surface area contributed by atoms with Gasteiger partial charge in [-0.05, 0) is 35.9 Å². The molecule has 2 heterocycles. The van der Waals surface area contributed by atoms with Crippen molar-refractivity contribution in [2.75, 3.05) is 0 Å². The van der Waals surface area contributed by atoms with Gasteiger partial charge in [-0.3, -0.25) is 34.8 Å². The highest BCUT2D eigenvalue weighted by Gasteiger charge is 2.24. The number of carbonyl (C=O) groups is 1. The number of aromatic amines is 1. The molecule has 1 amide bonds. The summed E-state index contributed by atoms with van der Waals surface area (Å²) in [6, 6.07) is 11.3. The Labute approximate surface area is 200 Å². The van der Waals surface area contributed by atoms with Crippen molar-refractivity contribution in [3.63, 3.8) is 0 Å². The van der Waals surface area contributed by atoms with E-state index < -0.39 is 27.4 Å². The second kappa shape index (κ2) is 9.86. The first-order valence-electron chi connectivity index (χ1n) is 10.1. The number of aromatic nitrogens is 3. The maximum absolute atomic E-state index is 12.9. The van der Waals surface area contributed by atoms with E-state index in [1.165, 1.54) is 48.8 Å². The molecule has 0 bridgehead atoms. The third-order valence-electron chi connectivity index (χ3n) is 5.03. The van der Waals surface area contributed by atoms with Crippen LogP contribution in [0.1, 0.15) is 27.7 Å². The van der Waals surface area contributed by atoms with Gasteiger partial charge in [0.2, 0.25) is 0 Å². The lowest BCUT2D eigenvalue weighted by Gasteiger charge is -2.14. The van der Waals surface area contributed by atoms with Gasteiger partial charge >= 0.3 is 0 Å². The fourth-order valence-corrected chi connectivity index (χ4v) is 3.22. The zero-order chi connectivity index (χ0) is 25.8. The van der Waals surface area contributed by atoms with Crippen molar-refractivity contribution in [1.29, 1.82) is 0 Å². The Kier molecular flexibility index (Phi) is 6.51. The van der Waals surface area contributed by atoms with Gasteiger partial charge in [0, 0.05) is 42.2 Å². The Morgan fingerprint density at radius 1 is 1.00 bits per heavy atom. The second-order valence-corrected chi connectivity index (χ2v) is 7.30. The number of hydrogen-bond donors (Lipinski definition) is 3. The van der Waals surface area contributed by atoms with Crippen LogP contribution in [0.4, 0.5) is 11.4 Å². The fourth-order valence-electron chi connectivity index (χ4n) is 3.22. The molecule has 14 heteroatoms. The number of aliphatic hydroxyl groups excluding tert-OH is 1. The molecule has 0 spiro atoms. The predicted octanol–water partition coefficient (Wildman–Crippen LogP) is 2.00. The highest BCUT2D eigenvalue weighted by Crippen LogP contribution is 2.22. The molecule has 2 aromatic heterocycles. The standard InChI is InChI=1S/C22H15N7O7/c30-20(12-1-3-14(4-2-12)28(33)34)18(26-27-21(31)13-7-9-23-10-8-13)19-22(32)25-17-11-15(29(35)36)5-6-16(17)24-19/h1-11,20,30H,(H,25,32)(H,27,31)/b26-18-. The number of hydrogen-bond acceptors (Lipinski definition) is 10. The number of rotatable bonds is 7. The van der Waals surface area contributed by atoms with Crippen LogP contribution in [0.5, 0.6) is 0 Å². The number of nitrogens with zero attached hydrogens (tertiary/aromatic N) is 5. The summed E-state index contributed by atoms with van der Waals surface area (Å²) < 4.78 is 0. The van der Waals surface area contributed by atoms with Gasteiger partial charge in [-0.2, -0.15) is 5.10 Å². The Hall–Kier alpha value is -5.37. The SMILES string of the molecule is O=C(N/N=C(/c1nc2ccc([N+](=O)[O-])cc2[nH]c1=O)C(O)c1ccc([N+](=O)[O-])cc1)c1ccncc1. The summed E-state index contributed by atoms with van der Waals surface area (Å²) in [6.07, 6.45) is 1.15. The van der Waals surface area contributed by atoms with E-state index in [9.17, 15) is 34.9 Å². The van der Waals surface area contributed by atoms with Gasteiger partial charge in [0.05, 0.1) is 20.9 Å². The Balaban J connectivity index is 1.80. The second-order valence-electron chi connectivity index (χ2n) is 7.30. The molecule has 0 fully saturated rings. The largest absolute Gasteiger partial charge is 0.382 e. The van der Waals surface area contributed by atoms with Crippen molar-refractivity contribution in [1.82, 2.24) is 20.4 Å². The first-order chi connectivity index (χ1) is 17.2. The molecular formula is C22H15N7O7. The fraction of sp³-hybridized carbons (Fsp3) is 0.0455. The van der Waals surface area contributed by atoms with Gasteiger partial charge in [0.25, 0.3) is 22.8 Å². The molecule has 1 unspecified atom stereocenters. The van der Waals surface area contributed by atoms with Crippen LogP contribution in [0, 0.1) is 20.2 Å². The Bertz CT molecular complexity index is 1570. The lowest BCUT2D eigenvalue weighted by atomic mass is 10.0. The zero-order valence-corrected chi connectivity index (χ0v) is 18.1. The molecule has 3 N–H and O–H groups in total. The van der Waals surface area contributed by atoms with Gasteiger partial charge in [0.15, 0.2) is 5.69 Å². The lowest BCUT2D eigenvalue weighted by Crippen LogP contribution is -2.29. The van der Waals surface area contributed by atoms with E-state index in [0.29, 0.717) is 0 Å². The van der Waals surface area contributed by atoms with Crippen molar-refractivity contribution < 1.29 is 19.7 Å². The summed E-state index contributed by atoms with van der Waals surface area (Å²) in [5, 5.41) is 36.9. The average molecular weight is 489 g/mol. The molecule has 14 nitrogen and oxygen atoms in total. The number of carbonyl (C=O) groups excluding carboxylic acids is 1. The van der Waals surface area contributed by atoms with E-state index in [4.69, 9.17) is 0 Å². The van der Waals surface area contributed by atoms with Gasteiger partial charge in [-0.1, -0.05) is 0 Å². The van der Waals surface area contributed by atoms with Crippen molar-refractivity contribution in [3.8, 4) is 0 Å². The highest BCUT2D eigenvalue weighted by molar-refractivity contribution is 6.04.